The number of benzene rings is 2. The summed E-state index contributed by atoms with van der Waals surface area (Å²) in [6.45, 7) is 8.62. The minimum absolute atomic E-state index is 0.00350. The lowest BCUT2D eigenvalue weighted by Crippen LogP contribution is -2.54. The third-order valence-corrected chi connectivity index (χ3v) is 7.12. The van der Waals surface area contributed by atoms with Gasteiger partial charge in [-0.25, -0.2) is 4.79 Å². The van der Waals surface area contributed by atoms with Crippen molar-refractivity contribution in [1.29, 1.82) is 5.26 Å². The van der Waals surface area contributed by atoms with Crippen molar-refractivity contribution < 1.29 is 24.2 Å². The maximum absolute atomic E-state index is 14.3. The van der Waals surface area contributed by atoms with Crippen molar-refractivity contribution in [1.82, 2.24) is 15.5 Å². The number of hydrogen-bond acceptors (Lipinski definition) is 6. The Bertz CT molecular complexity index is 1260. The Morgan fingerprint density at radius 3 is 2.32 bits per heavy atom. The summed E-state index contributed by atoms with van der Waals surface area (Å²) in [7, 11) is 0. The van der Waals surface area contributed by atoms with Crippen LogP contribution in [-0.2, 0) is 20.7 Å². The second kappa shape index (κ2) is 14.0. The number of carbonyl (C=O) groups is 3. The van der Waals surface area contributed by atoms with Crippen LogP contribution in [0, 0.1) is 25.2 Å². The van der Waals surface area contributed by atoms with E-state index < -0.39 is 29.7 Å². The van der Waals surface area contributed by atoms with Crippen LogP contribution in [0.25, 0.3) is 0 Å². The van der Waals surface area contributed by atoms with E-state index in [0.717, 1.165) is 43.2 Å². The van der Waals surface area contributed by atoms with Crippen LogP contribution in [0.4, 0.5) is 4.79 Å². The smallest absolute Gasteiger partial charge is 0.408 e. The number of nitriles is 1. The van der Waals surface area contributed by atoms with Gasteiger partial charge in [0.2, 0.25) is 11.8 Å². The maximum atomic E-state index is 14.3. The molecular weight excluding hydrogens is 520 g/mol. The summed E-state index contributed by atoms with van der Waals surface area (Å²) in [5.74, 6) is -0.875. The highest BCUT2D eigenvalue weighted by molar-refractivity contribution is 5.92. The molecule has 3 N–H and O–H groups in total. The van der Waals surface area contributed by atoms with E-state index >= 15 is 0 Å². The largest absolute Gasteiger partial charge is 0.508 e. The zero-order chi connectivity index (χ0) is 30.2. The molecule has 41 heavy (non-hydrogen) atoms. The van der Waals surface area contributed by atoms with Gasteiger partial charge in [-0.1, -0.05) is 55.2 Å². The lowest BCUT2D eigenvalue weighted by Gasteiger charge is -2.35. The maximum Gasteiger partial charge on any atom is 0.408 e. The molecule has 0 aliphatic heterocycles. The predicted molar refractivity (Wildman–Crippen MR) is 156 cm³/mol. The monoisotopic (exact) mass is 562 g/mol. The number of ether oxygens (including phenoxy) is 1. The lowest BCUT2D eigenvalue weighted by molar-refractivity contribution is -0.142. The minimum Gasteiger partial charge on any atom is -0.508 e. The Hall–Kier alpha value is -4.06. The molecule has 1 saturated carbocycles. The Kier molecular flexibility index (Phi) is 10.8. The van der Waals surface area contributed by atoms with Gasteiger partial charge in [-0.05, 0) is 76.3 Å². The summed E-state index contributed by atoms with van der Waals surface area (Å²) in [6.07, 6.45) is 4.16. The fraction of sp³-hybridized carbons (Fsp3) is 0.500. The van der Waals surface area contributed by atoms with E-state index in [4.69, 9.17) is 4.74 Å². The number of rotatable bonds is 9. The van der Waals surface area contributed by atoms with Crippen molar-refractivity contribution in [2.45, 2.75) is 96.9 Å². The molecule has 0 saturated heterocycles. The molecule has 0 spiro atoms. The number of hydrogen-bond donors (Lipinski definition) is 3. The molecule has 2 atom stereocenters. The van der Waals surface area contributed by atoms with Crippen molar-refractivity contribution in [3.63, 3.8) is 0 Å². The van der Waals surface area contributed by atoms with Gasteiger partial charge >= 0.3 is 6.09 Å². The van der Waals surface area contributed by atoms with Crippen LogP contribution in [0.15, 0.2) is 42.5 Å². The van der Waals surface area contributed by atoms with Gasteiger partial charge in [0, 0.05) is 12.5 Å². The summed E-state index contributed by atoms with van der Waals surface area (Å²) in [5.41, 5.74) is 2.31. The Morgan fingerprint density at radius 1 is 1.07 bits per heavy atom. The number of nitrogens with one attached hydrogen (secondary N) is 2. The highest BCUT2D eigenvalue weighted by atomic mass is 16.6. The van der Waals surface area contributed by atoms with E-state index in [1.807, 2.05) is 32.0 Å². The normalized spacial score (nSPS) is 15.2. The predicted octanol–water partition coefficient (Wildman–Crippen LogP) is 4.99. The highest BCUT2D eigenvalue weighted by Gasteiger charge is 2.37. The van der Waals surface area contributed by atoms with Gasteiger partial charge in [0.05, 0.1) is 6.07 Å². The molecule has 2 aromatic carbocycles. The zero-order valence-corrected chi connectivity index (χ0v) is 24.7. The number of alkyl carbamates (subject to hydrolysis) is 1. The fourth-order valence-corrected chi connectivity index (χ4v) is 5.20. The van der Waals surface area contributed by atoms with Crippen LogP contribution in [0.1, 0.15) is 81.2 Å². The Morgan fingerprint density at radius 2 is 1.73 bits per heavy atom. The first-order valence-corrected chi connectivity index (χ1v) is 14.2. The van der Waals surface area contributed by atoms with Crippen LogP contribution in [-0.4, -0.2) is 52.1 Å². The molecule has 1 fully saturated rings. The third-order valence-electron chi connectivity index (χ3n) is 7.12. The molecule has 0 aromatic heterocycles. The van der Waals surface area contributed by atoms with E-state index in [2.05, 4.69) is 16.7 Å². The molecule has 3 rings (SSSR count). The first kappa shape index (κ1) is 31.5. The molecule has 1 aliphatic rings. The van der Waals surface area contributed by atoms with E-state index in [-0.39, 0.29) is 30.7 Å². The number of amides is 3. The van der Waals surface area contributed by atoms with Crippen LogP contribution < -0.4 is 10.6 Å². The highest BCUT2D eigenvalue weighted by Crippen LogP contribution is 2.28. The average molecular weight is 563 g/mol. The van der Waals surface area contributed by atoms with Gasteiger partial charge < -0.3 is 25.4 Å². The number of aromatic hydroxyl groups is 1. The van der Waals surface area contributed by atoms with Gasteiger partial charge in [0.1, 0.15) is 30.0 Å². The summed E-state index contributed by atoms with van der Waals surface area (Å²) in [4.78, 5) is 42.3. The minimum atomic E-state index is -1.14. The van der Waals surface area contributed by atoms with Crippen molar-refractivity contribution >= 4 is 17.9 Å². The summed E-state index contributed by atoms with van der Waals surface area (Å²) in [6, 6.07) is 11.8. The van der Waals surface area contributed by atoms with E-state index in [1.54, 1.807) is 32.9 Å². The van der Waals surface area contributed by atoms with Crippen molar-refractivity contribution in [2.75, 3.05) is 6.54 Å². The number of carbonyl (C=O) groups excluding carboxylic acids is 3. The quantitative estimate of drug-likeness (QED) is 0.369. The number of phenolic OH excluding ortho intramolecular Hbond substituents is 1. The topological polar surface area (TPSA) is 132 Å². The van der Waals surface area contributed by atoms with Crippen LogP contribution in [0.5, 0.6) is 5.75 Å². The van der Waals surface area contributed by atoms with Gasteiger partial charge in [-0.2, -0.15) is 5.26 Å². The van der Waals surface area contributed by atoms with E-state index in [0.29, 0.717) is 11.1 Å². The van der Waals surface area contributed by atoms with Crippen LogP contribution in [0.3, 0.4) is 0 Å². The Labute approximate surface area is 242 Å². The second-order valence-corrected chi connectivity index (χ2v) is 11.8. The number of nitrogens with zero attached hydrogens (tertiary/aromatic N) is 2. The van der Waals surface area contributed by atoms with Crippen LogP contribution in [0.2, 0.25) is 0 Å². The molecular formula is C32H42N4O5. The molecule has 2 aromatic rings. The van der Waals surface area contributed by atoms with Gasteiger partial charge in [0.15, 0.2) is 0 Å². The molecule has 2 unspecified atom stereocenters. The summed E-state index contributed by atoms with van der Waals surface area (Å²) < 4.78 is 5.44. The molecule has 0 heterocycles. The molecule has 9 nitrogen and oxygen atoms in total. The first-order chi connectivity index (χ1) is 19.4. The van der Waals surface area contributed by atoms with Gasteiger partial charge in [-0.3, -0.25) is 9.59 Å². The molecule has 9 heteroatoms. The molecule has 1 aliphatic carbocycles. The van der Waals surface area contributed by atoms with E-state index in [1.165, 1.54) is 17.0 Å². The fourth-order valence-electron chi connectivity index (χ4n) is 5.20. The lowest BCUT2D eigenvalue weighted by atomic mass is 9.93. The number of aryl methyl sites for hydroxylation is 2. The number of phenols is 1. The molecule has 3 amide bonds. The molecule has 0 bridgehead atoms. The zero-order valence-electron chi connectivity index (χ0n) is 24.7. The first-order valence-electron chi connectivity index (χ1n) is 14.2. The average Bonchev–Trinajstić information content (AvgIpc) is 2.89. The van der Waals surface area contributed by atoms with Crippen molar-refractivity contribution in [3.05, 3.63) is 64.7 Å². The Balaban J connectivity index is 2.03. The third kappa shape index (κ3) is 9.24. The second-order valence-electron chi connectivity index (χ2n) is 11.8. The van der Waals surface area contributed by atoms with Gasteiger partial charge in [0.25, 0.3) is 0 Å². The van der Waals surface area contributed by atoms with Gasteiger partial charge in [-0.15, -0.1) is 0 Å². The standard InChI is InChI=1S/C32H42N4O5/c1-21-11-16-26(22(2)19-21)28(29(38)34-24-9-7-6-8-10-24)36(18-17-33)30(39)27(35-31(40)41-32(3,4)5)20-23-12-14-25(37)15-13-23/h11-16,19,24,27-28,37H,6-10,18,20H2,1-5H3,(H,34,38)(H,35,40). The SMILES string of the molecule is Cc1ccc(C(C(=O)NC2CCCCC2)N(CC#N)C(=O)C(Cc2ccc(O)cc2)NC(=O)OC(C)(C)C)c(C)c1. The van der Waals surface area contributed by atoms with E-state index in [9.17, 15) is 24.8 Å². The summed E-state index contributed by atoms with van der Waals surface area (Å²) >= 11 is 0. The molecule has 0 radical (unpaired) electrons. The summed E-state index contributed by atoms with van der Waals surface area (Å²) in [5, 5.41) is 25.4. The van der Waals surface area contributed by atoms with Crippen molar-refractivity contribution in [2.24, 2.45) is 0 Å². The van der Waals surface area contributed by atoms with Crippen molar-refractivity contribution in [3.8, 4) is 11.8 Å². The van der Waals surface area contributed by atoms with Crippen LogP contribution >= 0.6 is 0 Å². The molecule has 220 valence electrons.